The van der Waals surface area contributed by atoms with Crippen molar-refractivity contribution in [2.24, 2.45) is 0 Å². The van der Waals surface area contributed by atoms with Crippen LogP contribution in [0.15, 0.2) is 18.2 Å². The Morgan fingerprint density at radius 1 is 1.36 bits per heavy atom. The summed E-state index contributed by atoms with van der Waals surface area (Å²) in [5.41, 5.74) is 2.65. The topological polar surface area (TPSA) is 18.5 Å². The summed E-state index contributed by atoms with van der Waals surface area (Å²) in [7, 11) is 1.70. The summed E-state index contributed by atoms with van der Waals surface area (Å²) in [6.07, 6.45) is 0.301. The summed E-state index contributed by atoms with van der Waals surface area (Å²) < 4.78 is 10.9. The summed E-state index contributed by atoms with van der Waals surface area (Å²) in [4.78, 5) is 0. The Labute approximate surface area is 84.8 Å². The lowest BCUT2D eigenvalue weighted by atomic mass is 9.89. The average molecular weight is 192 g/mol. The zero-order valence-electron chi connectivity index (χ0n) is 8.91. The summed E-state index contributed by atoms with van der Waals surface area (Å²) in [6, 6.07) is 6.21. The maximum atomic E-state index is 5.65. The molecule has 0 fully saturated rings. The van der Waals surface area contributed by atoms with Gasteiger partial charge in [-0.1, -0.05) is 13.0 Å². The van der Waals surface area contributed by atoms with Crippen LogP contribution in [0.5, 0.6) is 5.75 Å². The monoisotopic (exact) mass is 192 g/mol. The van der Waals surface area contributed by atoms with Gasteiger partial charge in [-0.25, -0.2) is 0 Å². The molecule has 1 heterocycles. The highest BCUT2D eigenvalue weighted by Crippen LogP contribution is 2.33. The van der Waals surface area contributed by atoms with E-state index in [1.807, 2.05) is 6.07 Å². The van der Waals surface area contributed by atoms with Gasteiger partial charge in [-0.05, 0) is 30.2 Å². The van der Waals surface area contributed by atoms with E-state index in [4.69, 9.17) is 9.47 Å². The minimum absolute atomic E-state index is 0.301. The molecule has 0 saturated carbocycles. The molecule has 1 aromatic rings. The molecule has 0 spiro atoms. The Hall–Kier alpha value is -1.02. The molecule has 0 aliphatic carbocycles. The molecule has 0 amide bonds. The first-order valence-corrected chi connectivity index (χ1v) is 5.01. The third-order valence-corrected chi connectivity index (χ3v) is 3.05. The van der Waals surface area contributed by atoms with Crippen LogP contribution in [-0.2, 0) is 11.3 Å². The number of benzene rings is 1. The predicted molar refractivity (Wildman–Crippen MR) is 55.7 cm³/mol. The second-order valence-corrected chi connectivity index (χ2v) is 3.87. The largest absolute Gasteiger partial charge is 0.497 e. The van der Waals surface area contributed by atoms with Crippen molar-refractivity contribution in [2.75, 3.05) is 7.11 Å². The molecule has 14 heavy (non-hydrogen) atoms. The zero-order valence-corrected chi connectivity index (χ0v) is 8.91. The molecule has 0 saturated heterocycles. The van der Waals surface area contributed by atoms with Gasteiger partial charge in [0, 0.05) is 5.92 Å². The van der Waals surface area contributed by atoms with Gasteiger partial charge in [0.2, 0.25) is 0 Å². The van der Waals surface area contributed by atoms with Crippen LogP contribution in [0, 0.1) is 0 Å². The van der Waals surface area contributed by atoms with Crippen molar-refractivity contribution in [1.82, 2.24) is 0 Å². The van der Waals surface area contributed by atoms with Crippen molar-refractivity contribution >= 4 is 0 Å². The molecule has 0 radical (unpaired) electrons. The van der Waals surface area contributed by atoms with Crippen LogP contribution in [0.25, 0.3) is 0 Å². The molecule has 2 nitrogen and oxygen atoms in total. The normalized spacial score (nSPS) is 25.6. The first-order valence-electron chi connectivity index (χ1n) is 5.01. The van der Waals surface area contributed by atoms with E-state index in [-0.39, 0.29) is 0 Å². The first-order chi connectivity index (χ1) is 6.72. The van der Waals surface area contributed by atoms with Gasteiger partial charge in [0.15, 0.2) is 0 Å². The SMILES string of the molecule is COc1ccc2c(c1)C(C)[C@@H](C)OC2. The van der Waals surface area contributed by atoms with Crippen LogP contribution in [0.4, 0.5) is 0 Å². The minimum atomic E-state index is 0.301. The van der Waals surface area contributed by atoms with Gasteiger partial charge in [0.1, 0.15) is 5.75 Å². The van der Waals surface area contributed by atoms with Crippen molar-refractivity contribution in [2.45, 2.75) is 32.5 Å². The first kappa shape index (κ1) is 9.53. The summed E-state index contributed by atoms with van der Waals surface area (Å²) >= 11 is 0. The quantitative estimate of drug-likeness (QED) is 0.681. The molecule has 2 atom stereocenters. The second-order valence-electron chi connectivity index (χ2n) is 3.87. The number of fused-ring (bicyclic) bond motifs is 1. The third-order valence-electron chi connectivity index (χ3n) is 3.05. The number of rotatable bonds is 1. The molecule has 0 bridgehead atoms. The molecule has 2 rings (SSSR count). The van der Waals surface area contributed by atoms with Gasteiger partial charge in [-0.3, -0.25) is 0 Å². The van der Waals surface area contributed by atoms with Crippen LogP contribution in [-0.4, -0.2) is 13.2 Å². The van der Waals surface area contributed by atoms with E-state index in [0.29, 0.717) is 12.0 Å². The maximum Gasteiger partial charge on any atom is 0.119 e. The van der Waals surface area contributed by atoms with E-state index >= 15 is 0 Å². The Bertz CT molecular complexity index is 333. The fourth-order valence-electron chi connectivity index (χ4n) is 1.87. The third kappa shape index (κ3) is 1.50. The smallest absolute Gasteiger partial charge is 0.119 e. The van der Waals surface area contributed by atoms with E-state index in [9.17, 15) is 0 Å². The molecule has 0 aromatic heterocycles. The van der Waals surface area contributed by atoms with Crippen molar-refractivity contribution < 1.29 is 9.47 Å². The Kier molecular flexibility index (Phi) is 2.46. The van der Waals surface area contributed by atoms with Gasteiger partial charge in [-0.15, -0.1) is 0 Å². The van der Waals surface area contributed by atoms with Gasteiger partial charge < -0.3 is 9.47 Å². The number of hydrogen-bond donors (Lipinski definition) is 0. The van der Waals surface area contributed by atoms with Gasteiger partial charge in [0.05, 0.1) is 19.8 Å². The van der Waals surface area contributed by atoms with E-state index < -0.39 is 0 Å². The summed E-state index contributed by atoms with van der Waals surface area (Å²) in [5, 5.41) is 0. The minimum Gasteiger partial charge on any atom is -0.497 e. The fourth-order valence-corrected chi connectivity index (χ4v) is 1.87. The van der Waals surface area contributed by atoms with Crippen molar-refractivity contribution in [3.8, 4) is 5.75 Å². The van der Waals surface area contributed by atoms with Gasteiger partial charge in [-0.2, -0.15) is 0 Å². The van der Waals surface area contributed by atoms with E-state index in [1.165, 1.54) is 11.1 Å². The van der Waals surface area contributed by atoms with E-state index in [2.05, 4.69) is 26.0 Å². The lowest BCUT2D eigenvalue weighted by Crippen LogP contribution is -2.23. The molecule has 1 aromatic carbocycles. The Morgan fingerprint density at radius 3 is 2.86 bits per heavy atom. The second kappa shape index (κ2) is 3.62. The Morgan fingerprint density at radius 2 is 2.14 bits per heavy atom. The fraction of sp³-hybridized carbons (Fsp3) is 0.500. The van der Waals surface area contributed by atoms with Crippen LogP contribution in [0.2, 0.25) is 0 Å². The molecule has 0 N–H and O–H groups in total. The van der Waals surface area contributed by atoms with Crippen molar-refractivity contribution in [1.29, 1.82) is 0 Å². The van der Waals surface area contributed by atoms with Crippen LogP contribution < -0.4 is 4.74 Å². The van der Waals surface area contributed by atoms with Crippen LogP contribution >= 0.6 is 0 Å². The highest BCUT2D eigenvalue weighted by atomic mass is 16.5. The highest BCUT2D eigenvalue weighted by molar-refractivity contribution is 5.38. The number of ether oxygens (including phenoxy) is 2. The number of hydrogen-bond acceptors (Lipinski definition) is 2. The van der Waals surface area contributed by atoms with Gasteiger partial charge >= 0.3 is 0 Å². The molecule has 1 unspecified atom stereocenters. The van der Waals surface area contributed by atoms with E-state index in [0.717, 1.165) is 12.4 Å². The molecule has 1 aliphatic heterocycles. The Balaban J connectivity index is 2.41. The number of methoxy groups -OCH3 is 1. The predicted octanol–water partition coefficient (Wildman–Crippen LogP) is 2.72. The lowest BCUT2D eigenvalue weighted by Gasteiger charge is -2.29. The molecular weight excluding hydrogens is 176 g/mol. The molecule has 76 valence electrons. The standard InChI is InChI=1S/C12H16O2/c1-8-9(2)14-7-10-4-5-11(13-3)6-12(8)10/h4-6,8-9H,7H2,1-3H3/t8?,9-/m1/s1. The zero-order chi connectivity index (χ0) is 10.1. The van der Waals surface area contributed by atoms with Gasteiger partial charge in [0.25, 0.3) is 0 Å². The van der Waals surface area contributed by atoms with Crippen molar-refractivity contribution in [3.05, 3.63) is 29.3 Å². The highest BCUT2D eigenvalue weighted by Gasteiger charge is 2.23. The lowest BCUT2D eigenvalue weighted by molar-refractivity contribution is 0.0241. The summed E-state index contributed by atoms with van der Waals surface area (Å²) in [6.45, 7) is 5.04. The van der Waals surface area contributed by atoms with Crippen LogP contribution in [0.1, 0.15) is 30.9 Å². The van der Waals surface area contributed by atoms with E-state index in [1.54, 1.807) is 7.11 Å². The average Bonchev–Trinajstić information content (AvgIpc) is 2.23. The molecule has 2 heteroatoms. The molecule has 1 aliphatic rings. The maximum absolute atomic E-state index is 5.65. The van der Waals surface area contributed by atoms with Crippen molar-refractivity contribution in [3.63, 3.8) is 0 Å². The van der Waals surface area contributed by atoms with Crippen LogP contribution in [0.3, 0.4) is 0 Å². The molecular formula is C12H16O2. The summed E-state index contributed by atoms with van der Waals surface area (Å²) in [5.74, 6) is 1.39.